The number of benzene rings is 2. The predicted molar refractivity (Wildman–Crippen MR) is 57.7 cm³/mol. The Bertz CT molecular complexity index is 521. The van der Waals surface area contributed by atoms with Crippen LogP contribution in [0.25, 0.3) is 10.8 Å². The molecule has 1 nitrogen and oxygen atoms in total. The molecule has 0 radical (unpaired) electrons. The molecule has 78 valence electrons. The second-order valence-corrected chi connectivity index (χ2v) is 3.48. The van der Waals surface area contributed by atoms with Crippen LogP contribution < -0.4 is 5.73 Å². The van der Waals surface area contributed by atoms with Crippen LogP contribution in [0.15, 0.2) is 24.3 Å². The van der Waals surface area contributed by atoms with Gasteiger partial charge in [0, 0.05) is 17.1 Å². The Balaban J connectivity index is 2.90. The minimum atomic E-state index is -0.563. The van der Waals surface area contributed by atoms with Crippen molar-refractivity contribution in [1.82, 2.24) is 0 Å². The lowest BCUT2D eigenvalue weighted by atomic mass is 10.0. The van der Waals surface area contributed by atoms with Gasteiger partial charge in [-0.1, -0.05) is 13.0 Å². The van der Waals surface area contributed by atoms with Crippen LogP contribution >= 0.6 is 0 Å². The average molecular weight is 207 g/mol. The average Bonchev–Trinajstić information content (AvgIpc) is 2.19. The maximum absolute atomic E-state index is 13.4. The van der Waals surface area contributed by atoms with Crippen LogP contribution in [0.2, 0.25) is 0 Å². The van der Waals surface area contributed by atoms with Crippen molar-refractivity contribution >= 4 is 16.5 Å². The topological polar surface area (TPSA) is 26.0 Å². The van der Waals surface area contributed by atoms with Crippen LogP contribution in [-0.4, -0.2) is 0 Å². The summed E-state index contributed by atoms with van der Waals surface area (Å²) < 4.78 is 26.9. The van der Waals surface area contributed by atoms with Gasteiger partial charge >= 0.3 is 0 Å². The summed E-state index contributed by atoms with van der Waals surface area (Å²) >= 11 is 0. The van der Waals surface area contributed by atoms with Crippen LogP contribution in [0.4, 0.5) is 14.5 Å². The van der Waals surface area contributed by atoms with Gasteiger partial charge in [-0.3, -0.25) is 0 Å². The third-order valence-electron chi connectivity index (χ3n) is 2.52. The molecule has 0 unspecified atom stereocenters. The molecule has 0 saturated heterocycles. The van der Waals surface area contributed by atoms with E-state index in [1.165, 1.54) is 6.07 Å². The molecule has 0 aromatic heterocycles. The summed E-state index contributed by atoms with van der Waals surface area (Å²) in [5.74, 6) is -1.06. The fourth-order valence-corrected chi connectivity index (χ4v) is 1.79. The maximum Gasteiger partial charge on any atom is 0.134 e. The van der Waals surface area contributed by atoms with E-state index in [9.17, 15) is 8.78 Å². The first-order valence-corrected chi connectivity index (χ1v) is 4.79. The summed E-state index contributed by atoms with van der Waals surface area (Å²) in [7, 11) is 0. The first kappa shape index (κ1) is 9.90. The van der Waals surface area contributed by atoms with Crippen LogP contribution in [0.3, 0.4) is 0 Å². The molecule has 0 spiro atoms. The molecule has 15 heavy (non-hydrogen) atoms. The summed E-state index contributed by atoms with van der Waals surface area (Å²) in [5, 5.41) is 0.984. The van der Waals surface area contributed by atoms with E-state index in [-0.39, 0.29) is 0 Å². The highest BCUT2D eigenvalue weighted by Gasteiger charge is 2.10. The van der Waals surface area contributed by atoms with Gasteiger partial charge < -0.3 is 5.73 Å². The fourth-order valence-electron chi connectivity index (χ4n) is 1.79. The Morgan fingerprint density at radius 3 is 2.47 bits per heavy atom. The van der Waals surface area contributed by atoms with E-state index in [1.807, 2.05) is 6.92 Å². The van der Waals surface area contributed by atoms with E-state index < -0.39 is 11.6 Å². The molecule has 0 aliphatic rings. The van der Waals surface area contributed by atoms with E-state index in [0.29, 0.717) is 28.4 Å². The predicted octanol–water partition coefficient (Wildman–Crippen LogP) is 3.26. The Morgan fingerprint density at radius 1 is 1.07 bits per heavy atom. The molecule has 0 atom stereocenters. The quantitative estimate of drug-likeness (QED) is 0.713. The van der Waals surface area contributed by atoms with E-state index >= 15 is 0 Å². The largest absolute Gasteiger partial charge is 0.399 e. The molecule has 0 heterocycles. The van der Waals surface area contributed by atoms with Gasteiger partial charge in [-0.05, 0) is 29.5 Å². The lowest BCUT2D eigenvalue weighted by molar-refractivity contribution is 0.582. The Labute approximate surface area is 86.5 Å². The van der Waals surface area contributed by atoms with E-state index in [4.69, 9.17) is 5.73 Å². The zero-order chi connectivity index (χ0) is 11.0. The van der Waals surface area contributed by atoms with Crippen molar-refractivity contribution in [2.75, 3.05) is 5.73 Å². The smallest absolute Gasteiger partial charge is 0.134 e. The zero-order valence-electron chi connectivity index (χ0n) is 8.35. The van der Waals surface area contributed by atoms with Crippen molar-refractivity contribution in [3.05, 3.63) is 41.5 Å². The Kier molecular flexibility index (Phi) is 2.31. The lowest BCUT2D eigenvalue weighted by Gasteiger charge is -2.07. The van der Waals surface area contributed by atoms with Gasteiger partial charge in [0.25, 0.3) is 0 Å². The van der Waals surface area contributed by atoms with Gasteiger partial charge in [0.15, 0.2) is 0 Å². The highest BCUT2D eigenvalue weighted by molar-refractivity contribution is 5.89. The second-order valence-electron chi connectivity index (χ2n) is 3.48. The molecule has 0 aliphatic carbocycles. The number of anilines is 1. The molecule has 0 bridgehead atoms. The van der Waals surface area contributed by atoms with Gasteiger partial charge in [0.2, 0.25) is 0 Å². The molecule has 2 rings (SSSR count). The number of fused-ring (bicyclic) bond motifs is 1. The van der Waals surface area contributed by atoms with E-state index in [2.05, 4.69) is 0 Å². The Morgan fingerprint density at radius 2 is 1.80 bits per heavy atom. The number of nitrogens with two attached hydrogens (primary N) is 1. The highest BCUT2D eigenvalue weighted by Crippen LogP contribution is 2.26. The number of rotatable bonds is 1. The number of hydrogen-bond donors (Lipinski definition) is 1. The van der Waals surface area contributed by atoms with Gasteiger partial charge in [-0.25, -0.2) is 8.78 Å². The third-order valence-corrected chi connectivity index (χ3v) is 2.52. The summed E-state index contributed by atoms with van der Waals surface area (Å²) in [6, 6.07) is 5.76. The first-order valence-electron chi connectivity index (χ1n) is 4.79. The molecule has 2 aromatic rings. The number of halogens is 2. The van der Waals surface area contributed by atoms with Gasteiger partial charge in [0.05, 0.1) is 0 Å². The zero-order valence-corrected chi connectivity index (χ0v) is 8.35. The minimum absolute atomic E-state index is 0.383. The maximum atomic E-state index is 13.4. The molecular weight excluding hydrogens is 196 g/mol. The SMILES string of the molecule is CCc1c(F)cc(F)c2cc(N)ccc12. The molecule has 0 saturated carbocycles. The first-order chi connectivity index (χ1) is 7.13. The molecule has 3 heteroatoms. The second kappa shape index (κ2) is 3.50. The summed E-state index contributed by atoms with van der Waals surface area (Å²) in [6.07, 6.45) is 0.534. The molecular formula is C12H11F2N. The Hall–Kier alpha value is -1.64. The number of hydrogen-bond acceptors (Lipinski definition) is 1. The van der Waals surface area contributed by atoms with Crippen LogP contribution in [0, 0.1) is 11.6 Å². The molecule has 2 aromatic carbocycles. The monoisotopic (exact) mass is 207 g/mol. The number of aryl methyl sites for hydroxylation is 1. The summed E-state index contributed by atoms with van der Waals surface area (Å²) in [6.45, 7) is 1.84. The highest BCUT2D eigenvalue weighted by atomic mass is 19.1. The van der Waals surface area contributed by atoms with Gasteiger partial charge in [-0.15, -0.1) is 0 Å². The molecule has 0 aliphatic heterocycles. The molecule has 2 N–H and O–H groups in total. The van der Waals surface area contributed by atoms with Crippen molar-refractivity contribution in [1.29, 1.82) is 0 Å². The third kappa shape index (κ3) is 1.54. The summed E-state index contributed by atoms with van der Waals surface area (Å²) in [5.41, 5.74) is 6.58. The van der Waals surface area contributed by atoms with Crippen molar-refractivity contribution in [2.24, 2.45) is 0 Å². The van der Waals surface area contributed by atoms with Gasteiger partial charge in [-0.2, -0.15) is 0 Å². The van der Waals surface area contributed by atoms with Crippen LogP contribution in [0.1, 0.15) is 12.5 Å². The van der Waals surface area contributed by atoms with Crippen LogP contribution in [-0.2, 0) is 6.42 Å². The van der Waals surface area contributed by atoms with E-state index in [1.54, 1.807) is 12.1 Å². The molecule has 0 fully saturated rings. The van der Waals surface area contributed by atoms with Crippen molar-refractivity contribution in [2.45, 2.75) is 13.3 Å². The van der Waals surface area contributed by atoms with Crippen molar-refractivity contribution in [3.8, 4) is 0 Å². The van der Waals surface area contributed by atoms with Crippen molar-refractivity contribution < 1.29 is 8.78 Å². The van der Waals surface area contributed by atoms with Crippen molar-refractivity contribution in [3.63, 3.8) is 0 Å². The fraction of sp³-hybridized carbons (Fsp3) is 0.167. The van der Waals surface area contributed by atoms with Gasteiger partial charge in [0.1, 0.15) is 11.6 Å². The van der Waals surface area contributed by atoms with E-state index in [0.717, 1.165) is 6.07 Å². The standard InChI is InChI=1S/C12H11F2N/c1-2-8-9-4-3-7(15)5-10(9)12(14)6-11(8)13/h3-6H,2,15H2,1H3. The van der Waals surface area contributed by atoms with Crippen LogP contribution in [0.5, 0.6) is 0 Å². The summed E-state index contributed by atoms with van der Waals surface area (Å²) in [4.78, 5) is 0. The minimum Gasteiger partial charge on any atom is -0.399 e. The lowest BCUT2D eigenvalue weighted by Crippen LogP contribution is -1.94. The normalized spacial score (nSPS) is 10.9. The number of nitrogen functional groups attached to an aromatic ring is 1. The molecule has 0 amide bonds.